The first-order valence-corrected chi connectivity index (χ1v) is 9.51. The van der Waals surface area contributed by atoms with Gasteiger partial charge in [-0.05, 0) is 59.3 Å². The van der Waals surface area contributed by atoms with E-state index in [2.05, 4.69) is 45.5 Å². The number of hydrogen-bond donors (Lipinski definition) is 1. The van der Waals surface area contributed by atoms with Crippen LogP contribution >= 0.6 is 0 Å². The highest BCUT2D eigenvalue weighted by molar-refractivity contribution is 5.41. The Bertz CT molecular complexity index is 1090. The largest absolute Gasteiger partial charge is 0.508 e. The molecule has 0 amide bonds. The minimum Gasteiger partial charge on any atom is -0.508 e. The van der Waals surface area contributed by atoms with Gasteiger partial charge in [0.1, 0.15) is 5.75 Å². The van der Waals surface area contributed by atoms with E-state index in [0.29, 0.717) is 6.54 Å². The Kier molecular flexibility index (Phi) is 5.35. The average Bonchev–Trinajstić information content (AvgIpc) is 3.18. The van der Waals surface area contributed by atoms with Crippen LogP contribution in [-0.2, 0) is 6.54 Å². The number of rotatable bonds is 6. The van der Waals surface area contributed by atoms with Gasteiger partial charge in [-0.25, -0.2) is 0 Å². The number of aromatic nitrogens is 4. The topological polar surface area (TPSA) is 67.1 Å². The van der Waals surface area contributed by atoms with Crippen LogP contribution in [-0.4, -0.2) is 37.3 Å². The Hall–Kier alpha value is -3.51. The Morgan fingerprint density at radius 1 is 0.966 bits per heavy atom. The second-order valence-electron chi connectivity index (χ2n) is 7.13. The Labute approximate surface area is 170 Å². The molecule has 1 heterocycles. The molecule has 0 spiro atoms. The molecule has 0 saturated carbocycles. The standard InChI is InChI=1S/C23H23N5O/c1-17-9-6-7-14-21(17)28-23(24-25-26-28)22(19-11-4-3-5-12-19)27(2)16-18-10-8-13-20(29)15-18/h3-15,22,29H,16H2,1-2H3/t22-/m0/s1. The van der Waals surface area contributed by atoms with Crippen molar-refractivity contribution in [2.24, 2.45) is 0 Å². The fourth-order valence-electron chi connectivity index (χ4n) is 3.61. The highest BCUT2D eigenvalue weighted by Crippen LogP contribution is 2.29. The van der Waals surface area contributed by atoms with Gasteiger partial charge in [0, 0.05) is 6.54 Å². The number of para-hydroxylation sites is 1. The summed E-state index contributed by atoms with van der Waals surface area (Å²) in [6, 6.07) is 25.4. The summed E-state index contributed by atoms with van der Waals surface area (Å²) in [6.45, 7) is 2.68. The van der Waals surface area contributed by atoms with Crippen LogP contribution in [0.3, 0.4) is 0 Å². The van der Waals surface area contributed by atoms with Crippen molar-refractivity contribution in [1.29, 1.82) is 0 Å². The first-order chi connectivity index (χ1) is 14.1. The smallest absolute Gasteiger partial charge is 0.178 e. The van der Waals surface area contributed by atoms with Gasteiger partial charge in [0.15, 0.2) is 5.82 Å². The first-order valence-electron chi connectivity index (χ1n) is 9.51. The zero-order chi connectivity index (χ0) is 20.2. The predicted octanol–water partition coefficient (Wildman–Crippen LogP) is 3.90. The zero-order valence-electron chi connectivity index (χ0n) is 16.5. The molecule has 0 unspecified atom stereocenters. The molecule has 4 rings (SSSR count). The molecule has 4 aromatic rings. The molecule has 0 fully saturated rings. The lowest BCUT2D eigenvalue weighted by Gasteiger charge is -2.28. The molecule has 1 aromatic heterocycles. The third-order valence-electron chi connectivity index (χ3n) is 4.98. The van der Waals surface area contributed by atoms with E-state index >= 15 is 0 Å². The van der Waals surface area contributed by atoms with Crippen molar-refractivity contribution in [2.75, 3.05) is 7.05 Å². The van der Waals surface area contributed by atoms with Crippen molar-refractivity contribution in [1.82, 2.24) is 25.1 Å². The molecule has 3 aromatic carbocycles. The molecule has 6 nitrogen and oxygen atoms in total. The van der Waals surface area contributed by atoms with Gasteiger partial charge in [0.2, 0.25) is 0 Å². The summed E-state index contributed by atoms with van der Waals surface area (Å²) >= 11 is 0. The van der Waals surface area contributed by atoms with E-state index in [1.54, 1.807) is 12.1 Å². The lowest BCUT2D eigenvalue weighted by Crippen LogP contribution is -2.28. The van der Waals surface area contributed by atoms with E-state index in [4.69, 9.17) is 0 Å². The minimum atomic E-state index is -0.159. The summed E-state index contributed by atoms with van der Waals surface area (Å²) in [5, 5.41) is 22.5. The first kappa shape index (κ1) is 18.8. The van der Waals surface area contributed by atoms with Crippen LogP contribution in [0.2, 0.25) is 0 Å². The van der Waals surface area contributed by atoms with Crippen molar-refractivity contribution in [2.45, 2.75) is 19.5 Å². The Balaban J connectivity index is 1.77. The number of nitrogens with zero attached hydrogens (tertiary/aromatic N) is 5. The van der Waals surface area contributed by atoms with Crippen LogP contribution in [0.4, 0.5) is 0 Å². The number of tetrazole rings is 1. The summed E-state index contributed by atoms with van der Waals surface area (Å²) < 4.78 is 1.81. The van der Waals surface area contributed by atoms with E-state index in [0.717, 1.165) is 28.2 Å². The summed E-state index contributed by atoms with van der Waals surface area (Å²) in [6.07, 6.45) is 0. The molecule has 0 aliphatic carbocycles. The molecule has 146 valence electrons. The molecule has 0 radical (unpaired) electrons. The second-order valence-corrected chi connectivity index (χ2v) is 7.13. The lowest BCUT2D eigenvalue weighted by molar-refractivity contribution is 0.258. The maximum atomic E-state index is 9.83. The zero-order valence-corrected chi connectivity index (χ0v) is 16.5. The molecule has 1 N–H and O–H groups in total. The lowest BCUT2D eigenvalue weighted by atomic mass is 10.0. The van der Waals surface area contributed by atoms with Gasteiger partial charge in [0.25, 0.3) is 0 Å². The van der Waals surface area contributed by atoms with Gasteiger partial charge in [-0.15, -0.1) is 5.10 Å². The molecule has 6 heteroatoms. The van der Waals surface area contributed by atoms with Gasteiger partial charge in [-0.1, -0.05) is 60.7 Å². The summed E-state index contributed by atoms with van der Waals surface area (Å²) in [5.74, 6) is 1.00. The van der Waals surface area contributed by atoms with Gasteiger partial charge in [0.05, 0.1) is 11.7 Å². The van der Waals surface area contributed by atoms with Gasteiger partial charge in [-0.3, -0.25) is 4.90 Å². The maximum Gasteiger partial charge on any atom is 0.178 e. The van der Waals surface area contributed by atoms with Crippen LogP contribution in [0.25, 0.3) is 5.69 Å². The third-order valence-corrected chi connectivity index (χ3v) is 4.98. The van der Waals surface area contributed by atoms with Crippen molar-refractivity contribution in [3.05, 3.63) is 101 Å². The molecule has 1 atom stereocenters. The molecule has 0 bridgehead atoms. The summed E-state index contributed by atoms with van der Waals surface area (Å²) in [4.78, 5) is 2.19. The monoisotopic (exact) mass is 385 g/mol. The Morgan fingerprint density at radius 2 is 1.72 bits per heavy atom. The van der Waals surface area contributed by atoms with Crippen LogP contribution in [0, 0.1) is 6.92 Å². The van der Waals surface area contributed by atoms with Crippen molar-refractivity contribution >= 4 is 0 Å². The molecule has 29 heavy (non-hydrogen) atoms. The van der Waals surface area contributed by atoms with Gasteiger partial charge in [-0.2, -0.15) is 4.68 Å². The van der Waals surface area contributed by atoms with E-state index in [1.165, 1.54) is 0 Å². The quantitative estimate of drug-likeness (QED) is 0.545. The van der Waals surface area contributed by atoms with Crippen LogP contribution in [0.5, 0.6) is 5.75 Å². The molecular formula is C23H23N5O. The SMILES string of the molecule is Cc1ccccc1-n1nnnc1[C@H](c1ccccc1)N(C)Cc1cccc(O)c1. The van der Waals surface area contributed by atoms with E-state index in [1.807, 2.05) is 60.3 Å². The molecule has 0 aliphatic heterocycles. The predicted molar refractivity (Wildman–Crippen MR) is 112 cm³/mol. The highest BCUT2D eigenvalue weighted by Gasteiger charge is 2.26. The summed E-state index contributed by atoms with van der Waals surface area (Å²) in [5.41, 5.74) is 4.17. The average molecular weight is 385 g/mol. The Morgan fingerprint density at radius 3 is 2.48 bits per heavy atom. The van der Waals surface area contributed by atoms with Crippen LogP contribution in [0.1, 0.15) is 28.6 Å². The third kappa shape index (κ3) is 4.02. The number of benzene rings is 3. The van der Waals surface area contributed by atoms with Crippen molar-refractivity contribution < 1.29 is 5.11 Å². The fraction of sp³-hybridized carbons (Fsp3) is 0.174. The molecular weight excluding hydrogens is 362 g/mol. The van der Waals surface area contributed by atoms with Gasteiger partial charge >= 0.3 is 0 Å². The highest BCUT2D eigenvalue weighted by atomic mass is 16.3. The number of aryl methyl sites for hydroxylation is 1. The van der Waals surface area contributed by atoms with Gasteiger partial charge < -0.3 is 5.11 Å². The number of hydrogen-bond acceptors (Lipinski definition) is 5. The normalized spacial score (nSPS) is 12.2. The maximum absolute atomic E-state index is 9.83. The van der Waals surface area contributed by atoms with Crippen LogP contribution < -0.4 is 0 Å². The van der Waals surface area contributed by atoms with Crippen molar-refractivity contribution in [3.8, 4) is 11.4 Å². The molecule has 0 aliphatic rings. The number of phenolic OH excluding ortho intramolecular Hbond substituents is 1. The second kappa shape index (κ2) is 8.24. The fourth-order valence-corrected chi connectivity index (χ4v) is 3.61. The van der Waals surface area contributed by atoms with Crippen molar-refractivity contribution in [3.63, 3.8) is 0 Å². The van der Waals surface area contributed by atoms with Crippen LogP contribution in [0.15, 0.2) is 78.9 Å². The minimum absolute atomic E-state index is 0.159. The number of phenols is 1. The van der Waals surface area contributed by atoms with E-state index in [9.17, 15) is 5.11 Å². The molecule has 0 saturated heterocycles. The van der Waals surface area contributed by atoms with E-state index < -0.39 is 0 Å². The van der Waals surface area contributed by atoms with E-state index in [-0.39, 0.29) is 11.8 Å². The summed E-state index contributed by atoms with van der Waals surface area (Å²) in [7, 11) is 2.04. The number of aromatic hydroxyl groups is 1.